The summed E-state index contributed by atoms with van der Waals surface area (Å²) in [5.74, 6) is -0.563. The van der Waals surface area contributed by atoms with Gasteiger partial charge in [-0.3, -0.25) is 9.59 Å². The SMILES string of the molecule is CO[C@]1(CC(=O)O)C[C@@H]2[C@H]1CCN2C(C)=O. The minimum Gasteiger partial charge on any atom is -0.481 e. The number of hydrogen-bond acceptors (Lipinski definition) is 3. The van der Waals surface area contributed by atoms with Gasteiger partial charge in [0.1, 0.15) is 0 Å². The standard InChI is InChI=1S/C11H17NO4/c1-7(13)12-4-3-8-9(12)5-11(8,16-2)6-10(14)15/h8-9H,3-6H2,1-2H3,(H,14,15)/t8-,9-,11+/m1/s1. The molecule has 0 spiro atoms. The Balaban J connectivity index is 2.08. The molecule has 0 aromatic rings. The number of carboxylic acids is 1. The third-order valence-electron chi connectivity index (χ3n) is 4.04. The molecule has 1 amide bonds. The summed E-state index contributed by atoms with van der Waals surface area (Å²) in [4.78, 5) is 24.0. The predicted octanol–water partition coefficient (Wildman–Crippen LogP) is 0.487. The number of aliphatic carboxylic acids is 1. The number of ether oxygens (including phenoxy) is 1. The van der Waals surface area contributed by atoms with E-state index in [2.05, 4.69) is 0 Å². The second kappa shape index (κ2) is 3.73. The highest BCUT2D eigenvalue weighted by molar-refractivity contribution is 5.75. The molecule has 0 aromatic carbocycles. The van der Waals surface area contributed by atoms with Crippen molar-refractivity contribution in [3.05, 3.63) is 0 Å². The number of amides is 1. The largest absolute Gasteiger partial charge is 0.481 e. The molecule has 0 bridgehead atoms. The molecule has 1 saturated carbocycles. The van der Waals surface area contributed by atoms with E-state index in [0.29, 0.717) is 6.42 Å². The van der Waals surface area contributed by atoms with E-state index in [1.807, 2.05) is 4.90 Å². The van der Waals surface area contributed by atoms with Crippen LogP contribution in [0.3, 0.4) is 0 Å². The van der Waals surface area contributed by atoms with Crippen LogP contribution in [0.4, 0.5) is 0 Å². The van der Waals surface area contributed by atoms with Gasteiger partial charge in [0.25, 0.3) is 0 Å². The van der Waals surface area contributed by atoms with Crippen LogP contribution in [0.25, 0.3) is 0 Å². The van der Waals surface area contributed by atoms with Crippen molar-refractivity contribution in [2.24, 2.45) is 5.92 Å². The number of likely N-dealkylation sites (tertiary alicyclic amines) is 1. The Hall–Kier alpha value is -1.10. The Morgan fingerprint density at radius 1 is 1.56 bits per heavy atom. The van der Waals surface area contributed by atoms with Crippen molar-refractivity contribution in [2.75, 3.05) is 13.7 Å². The lowest BCUT2D eigenvalue weighted by molar-refractivity contribution is -0.174. The third-order valence-corrected chi connectivity index (χ3v) is 4.04. The van der Waals surface area contributed by atoms with Crippen molar-refractivity contribution in [2.45, 2.75) is 37.8 Å². The van der Waals surface area contributed by atoms with E-state index < -0.39 is 11.6 Å². The monoisotopic (exact) mass is 227 g/mol. The summed E-state index contributed by atoms with van der Waals surface area (Å²) in [5.41, 5.74) is -0.541. The van der Waals surface area contributed by atoms with Gasteiger partial charge in [-0.2, -0.15) is 0 Å². The van der Waals surface area contributed by atoms with Crippen LogP contribution in [0.1, 0.15) is 26.2 Å². The third kappa shape index (κ3) is 1.50. The molecule has 5 nitrogen and oxygen atoms in total. The van der Waals surface area contributed by atoms with Crippen molar-refractivity contribution in [3.63, 3.8) is 0 Å². The molecule has 1 heterocycles. The van der Waals surface area contributed by atoms with Gasteiger partial charge in [-0.25, -0.2) is 0 Å². The highest BCUT2D eigenvalue weighted by Crippen LogP contribution is 2.51. The number of fused-ring (bicyclic) bond motifs is 1. The normalized spacial score (nSPS) is 36.8. The van der Waals surface area contributed by atoms with E-state index in [4.69, 9.17) is 9.84 Å². The fourth-order valence-corrected chi connectivity index (χ4v) is 3.22. The summed E-state index contributed by atoms with van der Waals surface area (Å²) in [6.07, 6.45) is 1.54. The van der Waals surface area contributed by atoms with Gasteiger partial charge in [0.05, 0.1) is 12.0 Å². The molecule has 5 heteroatoms. The van der Waals surface area contributed by atoms with Crippen molar-refractivity contribution in [1.82, 2.24) is 4.90 Å². The van der Waals surface area contributed by atoms with E-state index >= 15 is 0 Å². The van der Waals surface area contributed by atoms with Crippen LogP contribution in [-0.2, 0) is 14.3 Å². The van der Waals surface area contributed by atoms with Gasteiger partial charge in [-0.05, 0) is 12.8 Å². The van der Waals surface area contributed by atoms with Crippen molar-refractivity contribution >= 4 is 11.9 Å². The Morgan fingerprint density at radius 2 is 2.25 bits per heavy atom. The molecule has 1 aliphatic carbocycles. The van der Waals surface area contributed by atoms with E-state index in [0.717, 1.165) is 13.0 Å². The molecule has 3 atom stereocenters. The van der Waals surface area contributed by atoms with Crippen LogP contribution >= 0.6 is 0 Å². The maximum Gasteiger partial charge on any atom is 0.306 e. The average molecular weight is 227 g/mol. The number of methoxy groups -OCH3 is 1. The average Bonchev–Trinajstić information content (AvgIpc) is 2.52. The molecule has 1 N–H and O–H groups in total. The van der Waals surface area contributed by atoms with Crippen molar-refractivity contribution in [3.8, 4) is 0 Å². The summed E-state index contributed by atoms with van der Waals surface area (Å²) in [6.45, 7) is 2.29. The molecule has 1 aliphatic heterocycles. The van der Waals surface area contributed by atoms with Crippen LogP contribution in [0, 0.1) is 5.92 Å². The van der Waals surface area contributed by atoms with Gasteiger partial charge in [-0.15, -0.1) is 0 Å². The number of hydrogen-bond donors (Lipinski definition) is 1. The molecule has 0 aromatic heterocycles. The zero-order chi connectivity index (χ0) is 11.9. The van der Waals surface area contributed by atoms with Crippen LogP contribution in [0.15, 0.2) is 0 Å². The quantitative estimate of drug-likeness (QED) is 0.761. The van der Waals surface area contributed by atoms with Gasteiger partial charge < -0.3 is 14.7 Å². The summed E-state index contributed by atoms with van der Waals surface area (Å²) in [6, 6.07) is 0.191. The van der Waals surface area contributed by atoms with Crippen molar-refractivity contribution in [1.29, 1.82) is 0 Å². The lowest BCUT2D eigenvalue weighted by Crippen LogP contribution is -2.61. The Bertz CT molecular complexity index is 330. The van der Waals surface area contributed by atoms with Gasteiger partial charge in [0.2, 0.25) is 5.91 Å². The maximum absolute atomic E-state index is 11.3. The predicted molar refractivity (Wildman–Crippen MR) is 55.9 cm³/mol. The first-order valence-electron chi connectivity index (χ1n) is 5.54. The van der Waals surface area contributed by atoms with Crippen molar-refractivity contribution < 1.29 is 19.4 Å². The second-order valence-electron chi connectivity index (χ2n) is 4.72. The van der Waals surface area contributed by atoms with Crippen LogP contribution in [0.5, 0.6) is 0 Å². The fourth-order valence-electron chi connectivity index (χ4n) is 3.22. The number of carboxylic acid groups (broad SMARTS) is 1. The molecule has 1 saturated heterocycles. The molecule has 0 radical (unpaired) electrons. The Morgan fingerprint density at radius 3 is 2.75 bits per heavy atom. The Labute approximate surface area is 94.4 Å². The van der Waals surface area contributed by atoms with Crippen LogP contribution in [-0.4, -0.2) is 47.2 Å². The van der Waals surface area contributed by atoms with Crippen LogP contribution < -0.4 is 0 Å². The topological polar surface area (TPSA) is 66.8 Å². The molecule has 2 fully saturated rings. The fraction of sp³-hybridized carbons (Fsp3) is 0.818. The van der Waals surface area contributed by atoms with Gasteiger partial charge in [-0.1, -0.05) is 0 Å². The molecule has 0 unspecified atom stereocenters. The summed E-state index contributed by atoms with van der Waals surface area (Å²) >= 11 is 0. The van der Waals surface area contributed by atoms with Gasteiger partial charge in [0.15, 0.2) is 0 Å². The van der Waals surface area contributed by atoms with Gasteiger partial charge >= 0.3 is 5.97 Å². The molecule has 2 aliphatic rings. The molecular weight excluding hydrogens is 210 g/mol. The summed E-state index contributed by atoms with van der Waals surface area (Å²) < 4.78 is 5.41. The summed E-state index contributed by atoms with van der Waals surface area (Å²) in [7, 11) is 1.57. The maximum atomic E-state index is 11.3. The minimum atomic E-state index is -0.832. The molecule has 16 heavy (non-hydrogen) atoms. The molecular formula is C11H17NO4. The van der Waals surface area contributed by atoms with Gasteiger partial charge in [0, 0.05) is 32.5 Å². The highest BCUT2D eigenvalue weighted by atomic mass is 16.5. The minimum absolute atomic E-state index is 0.0381. The number of carbonyl (C=O) groups is 2. The number of nitrogens with zero attached hydrogens (tertiary/aromatic N) is 1. The number of carbonyl (C=O) groups excluding carboxylic acids is 1. The first kappa shape index (κ1) is 11.4. The zero-order valence-electron chi connectivity index (χ0n) is 9.60. The lowest BCUT2D eigenvalue weighted by atomic mass is 9.64. The van der Waals surface area contributed by atoms with E-state index in [1.54, 1.807) is 14.0 Å². The first-order valence-corrected chi connectivity index (χ1v) is 5.54. The smallest absolute Gasteiger partial charge is 0.306 e. The first-order chi connectivity index (χ1) is 7.50. The molecule has 90 valence electrons. The molecule has 2 rings (SSSR count). The number of rotatable bonds is 3. The lowest BCUT2D eigenvalue weighted by Gasteiger charge is -2.52. The Kier molecular flexibility index (Phi) is 2.66. The van der Waals surface area contributed by atoms with E-state index in [9.17, 15) is 9.59 Å². The zero-order valence-corrected chi connectivity index (χ0v) is 9.60. The summed E-state index contributed by atoms with van der Waals surface area (Å²) in [5, 5.41) is 8.88. The van der Waals surface area contributed by atoms with E-state index in [1.165, 1.54) is 0 Å². The highest BCUT2D eigenvalue weighted by Gasteiger charge is 2.60. The second-order valence-corrected chi connectivity index (χ2v) is 4.72. The van der Waals surface area contributed by atoms with Crippen LogP contribution in [0.2, 0.25) is 0 Å². The van der Waals surface area contributed by atoms with E-state index in [-0.39, 0.29) is 24.3 Å².